The molecule has 274 valence electrons. The molecule has 4 heterocycles. The number of piperidine rings is 2. The smallest absolute Gasteiger partial charge is 0.306 e. The Morgan fingerprint density at radius 1 is 0.740 bits per heavy atom. The largest absolute Gasteiger partial charge is 0.493 e. The highest BCUT2D eigenvalue weighted by atomic mass is 16.5. The van der Waals surface area contributed by atoms with E-state index in [2.05, 4.69) is 9.80 Å². The number of benzene rings is 2. The molecule has 6 rings (SSSR count). The SMILES string of the molecule is COc1cc2c(cc1OC)[C@H]1CC(=O)[C@H](CC(C)C(=O)O)CN1CC2.COc1cc2c(cc1OC)[C@H]1C[C@H](O)[C@H](C[C@@H](C)C(=O)O)CN1CC2. The van der Waals surface area contributed by atoms with Crippen molar-refractivity contribution in [3.8, 4) is 23.0 Å². The zero-order valence-electron chi connectivity index (χ0n) is 30.0. The van der Waals surface area contributed by atoms with Gasteiger partial charge in [0.1, 0.15) is 5.78 Å². The molecule has 4 aliphatic rings. The molecule has 0 amide bonds. The fourth-order valence-electron chi connectivity index (χ4n) is 8.22. The lowest BCUT2D eigenvalue weighted by atomic mass is 9.79. The molecule has 7 atom stereocenters. The predicted octanol–water partition coefficient (Wildman–Crippen LogP) is 4.40. The summed E-state index contributed by atoms with van der Waals surface area (Å²) in [5.74, 6) is 0.251. The minimum Gasteiger partial charge on any atom is -0.493 e. The Kier molecular flexibility index (Phi) is 12.0. The standard InChI is InChI=1S/C19H27NO5.C19H25NO5/c2*1-11(19(22)23)6-13-10-20-5-4-12-7-17(24-2)18(25-3)8-14(12)15(20)9-16(13)21/h7-8,11,13,15-16,21H,4-6,9-10H2,1-3H3,(H,22,23);7-8,11,13,15H,4-6,9-10H2,1-3H3,(H,22,23)/t11-,13-,15-,16+;11?,13-,15-/m11/s1. The lowest BCUT2D eigenvalue weighted by molar-refractivity contribution is -0.143. The molecule has 0 aromatic heterocycles. The maximum Gasteiger partial charge on any atom is 0.306 e. The molecule has 0 aliphatic carbocycles. The van der Waals surface area contributed by atoms with Crippen molar-refractivity contribution in [3.63, 3.8) is 0 Å². The first-order valence-electron chi connectivity index (χ1n) is 17.5. The number of ketones is 1. The van der Waals surface area contributed by atoms with E-state index < -0.39 is 29.9 Å². The van der Waals surface area contributed by atoms with Crippen LogP contribution in [0.25, 0.3) is 0 Å². The highest BCUT2D eigenvalue weighted by molar-refractivity contribution is 5.84. The number of carboxylic acid groups (broad SMARTS) is 2. The Balaban J connectivity index is 0.000000194. The number of rotatable bonds is 10. The summed E-state index contributed by atoms with van der Waals surface area (Å²) in [4.78, 5) is 39.6. The molecule has 0 spiro atoms. The number of carbonyl (C=O) groups excluding carboxylic acids is 1. The van der Waals surface area contributed by atoms with Gasteiger partial charge in [0.15, 0.2) is 23.0 Å². The molecule has 3 N–H and O–H groups in total. The number of fused-ring (bicyclic) bond motifs is 6. The fraction of sp³-hybridized carbons (Fsp3) is 0.605. The van der Waals surface area contributed by atoms with Crippen LogP contribution in [0.15, 0.2) is 24.3 Å². The van der Waals surface area contributed by atoms with Crippen molar-refractivity contribution in [2.45, 2.75) is 70.6 Å². The van der Waals surface area contributed by atoms with E-state index in [0.29, 0.717) is 49.5 Å². The van der Waals surface area contributed by atoms with Crippen LogP contribution < -0.4 is 18.9 Å². The van der Waals surface area contributed by atoms with E-state index in [1.807, 2.05) is 24.3 Å². The number of Topliss-reactive ketones (excluding diaryl/α,β-unsaturated/α-hetero) is 1. The summed E-state index contributed by atoms with van der Waals surface area (Å²) in [7, 11) is 6.50. The van der Waals surface area contributed by atoms with Crippen LogP contribution in [0.5, 0.6) is 23.0 Å². The lowest BCUT2D eigenvalue weighted by Crippen LogP contribution is -2.48. The van der Waals surface area contributed by atoms with Gasteiger partial charge in [0.25, 0.3) is 0 Å². The van der Waals surface area contributed by atoms with Gasteiger partial charge in [0.05, 0.1) is 46.4 Å². The van der Waals surface area contributed by atoms with Crippen molar-refractivity contribution in [2.75, 3.05) is 54.6 Å². The van der Waals surface area contributed by atoms with E-state index in [0.717, 1.165) is 43.8 Å². The summed E-state index contributed by atoms with van der Waals surface area (Å²) < 4.78 is 21.6. The molecule has 12 heteroatoms. The molecule has 2 saturated heterocycles. The monoisotopic (exact) mass is 696 g/mol. The second-order valence-corrected chi connectivity index (χ2v) is 14.2. The molecule has 50 heavy (non-hydrogen) atoms. The fourth-order valence-corrected chi connectivity index (χ4v) is 8.22. The summed E-state index contributed by atoms with van der Waals surface area (Å²) >= 11 is 0. The van der Waals surface area contributed by atoms with Crippen LogP contribution in [0.4, 0.5) is 0 Å². The maximum atomic E-state index is 12.6. The first-order valence-corrected chi connectivity index (χ1v) is 17.5. The first kappa shape index (κ1) is 37.4. The molecular formula is C38H52N2O10. The van der Waals surface area contributed by atoms with E-state index >= 15 is 0 Å². The summed E-state index contributed by atoms with van der Waals surface area (Å²) in [5.41, 5.74) is 4.75. The number of carbonyl (C=O) groups is 3. The molecule has 0 saturated carbocycles. The van der Waals surface area contributed by atoms with Gasteiger partial charge in [-0.15, -0.1) is 0 Å². The normalized spacial score (nSPS) is 25.7. The second kappa shape index (κ2) is 16.0. The van der Waals surface area contributed by atoms with Crippen molar-refractivity contribution in [2.24, 2.45) is 23.7 Å². The molecule has 4 aliphatic heterocycles. The number of methoxy groups -OCH3 is 4. The highest BCUT2D eigenvalue weighted by Crippen LogP contribution is 2.44. The minimum absolute atomic E-state index is 0.00374. The number of nitrogens with zero attached hydrogens (tertiary/aromatic N) is 2. The third-order valence-corrected chi connectivity index (χ3v) is 11.1. The van der Waals surface area contributed by atoms with Crippen molar-refractivity contribution >= 4 is 17.7 Å². The van der Waals surface area contributed by atoms with Gasteiger partial charge in [-0.25, -0.2) is 0 Å². The molecule has 2 aromatic rings. The van der Waals surface area contributed by atoms with Crippen LogP contribution in [0, 0.1) is 23.7 Å². The number of aliphatic carboxylic acids is 2. The van der Waals surface area contributed by atoms with E-state index in [4.69, 9.17) is 29.2 Å². The van der Waals surface area contributed by atoms with Gasteiger partial charge < -0.3 is 34.3 Å². The Morgan fingerprint density at radius 3 is 1.70 bits per heavy atom. The summed E-state index contributed by atoms with van der Waals surface area (Å²) in [6, 6.07) is 8.25. The third-order valence-electron chi connectivity index (χ3n) is 11.1. The number of hydrogen-bond donors (Lipinski definition) is 3. The molecule has 0 bridgehead atoms. The van der Waals surface area contributed by atoms with Crippen LogP contribution in [0.3, 0.4) is 0 Å². The first-order chi connectivity index (χ1) is 23.9. The van der Waals surface area contributed by atoms with Gasteiger partial charge in [-0.2, -0.15) is 0 Å². The molecule has 2 fully saturated rings. The van der Waals surface area contributed by atoms with Crippen molar-refractivity contribution in [3.05, 3.63) is 46.5 Å². The summed E-state index contributed by atoms with van der Waals surface area (Å²) in [5, 5.41) is 28.9. The van der Waals surface area contributed by atoms with E-state index in [1.54, 1.807) is 42.3 Å². The number of aliphatic hydroxyl groups excluding tert-OH is 1. The topological polar surface area (TPSA) is 155 Å². The summed E-state index contributed by atoms with van der Waals surface area (Å²) in [6.45, 7) is 6.54. The zero-order chi connectivity index (χ0) is 36.3. The number of ether oxygens (including phenoxy) is 4. The molecular weight excluding hydrogens is 644 g/mol. The van der Waals surface area contributed by atoms with E-state index in [9.17, 15) is 19.5 Å². The van der Waals surface area contributed by atoms with Crippen LogP contribution >= 0.6 is 0 Å². The van der Waals surface area contributed by atoms with Gasteiger partial charge in [0.2, 0.25) is 0 Å². The average molecular weight is 697 g/mol. The number of aliphatic hydroxyl groups is 1. The Labute approximate surface area is 294 Å². The molecule has 2 aromatic carbocycles. The van der Waals surface area contributed by atoms with Crippen molar-refractivity contribution < 1.29 is 48.7 Å². The molecule has 0 radical (unpaired) electrons. The van der Waals surface area contributed by atoms with E-state index in [1.165, 1.54) is 16.7 Å². The van der Waals surface area contributed by atoms with Gasteiger partial charge >= 0.3 is 11.9 Å². The maximum absolute atomic E-state index is 12.6. The quantitative estimate of drug-likeness (QED) is 0.323. The third kappa shape index (κ3) is 7.87. The van der Waals surface area contributed by atoms with Crippen molar-refractivity contribution in [1.29, 1.82) is 0 Å². The van der Waals surface area contributed by atoms with Crippen LogP contribution in [0.2, 0.25) is 0 Å². The van der Waals surface area contributed by atoms with Gasteiger partial charge in [-0.3, -0.25) is 24.2 Å². The highest BCUT2D eigenvalue weighted by Gasteiger charge is 2.41. The average Bonchev–Trinajstić information content (AvgIpc) is 3.11. The Hall–Kier alpha value is -3.87. The Morgan fingerprint density at radius 2 is 1.20 bits per heavy atom. The number of carboxylic acids is 2. The van der Waals surface area contributed by atoms with Crippen LogP contribution in [-0.4, -0.2) is 104 Å². The predicted molar refractivity (Wildman–Crippen MR) is 185 cm³/mol. The zero-order valence-corrected chi connectivity index (χ0v) is 30.0. The molecule has 1 unspecified atom stereocenters. The van der Waals surface area contributed by atoms with Crippen LogP contribution in [-0.2, 0) is 27.2 Å². The second-order valence-electron chi connectivity index (χ2n) is 14.2. The van der Waals surface area contributed by atoms with Gasteiger partial charge in [0, 0.05) is 50.6 Å². The van der Waals surface area contributed by atoms with Crippen molar-refractivity contribution in [1.82, 2.24) is 9.80 Å². The van der Waals surface area contributed by atoms with E-state index in [-0.39, 0.29) is 29.7 Å². The van der Waals surface area contributed by atoms with Crippen LogP contribution in [0.1, 0.15) is 73.9 Å². The Bertz CT molecular complexity index is 1560. The molecule has 12 nitrogen and oxygen atoms in total. The minimum atomic E-state index is -0.837. The summed E-state index contributed by atoms with van der Waals surface area (Å²) in [6.07, 6.45) is 3.31. The number of hydrogen-bond acceptors (Lipinski definition) is 10. The van der Waals surface area contributed by atoms with Gasteiger partial charge in [-0.1, -0.05) is 13.8 Å². The lowest BCUT2D eigenvalue weighted by Gasteiger charge is -2.46. The van der Waals surface area contributed by atoms with Gasteiger partial charge in [-0.05, 0) is 84.5 Å².